The molecular weight excluding hydrogens is 357 g/mol. The van der Waals surface area contributed by atoms with E-state index in [4.69, 9.17) is 0 Å². The maximum absolute atomic E-state index is 12.5. The van der Waals surface area contributed by atoms with Gasteiger partial charge in [0, 0.05) is 25.2 Å². The first-order valence-corrected chi connectivity index (χ1v) is 8.19. The van der Waals surface area contributed by atoms with Gasteiger partial charge in [0.2, 0.25) is 10.0 Å². The summed E-state index contributed by atoms with van der Waals surface area (Å²) >= 11 is 0. The van der Waals surface area contributed by atoms with E-state index in [1.54, 1.807) is 0 Å². The SMILES string of the molecule is CNC1CCN(S(=O)(=O)c2cccc(OC(F)(F)F)c2)CC1.Cl. The van der Waals surface area contributed by atoms with Gasteiger partial charge in [0.25, 0.3) is 0 Å². The van der Waals surface area contributed by atoms with E-state index in [-0.39, 0.29) is 23.3 Å². The predicted molar refractivity (Wildman–Crippen MR) is 81.2 cm³/mol. The normalized spacial score (nSPS) is 17.6. The molecule has 1 N–H and O–H groups in total. The minimum atomic E-state index is -4.85. The Balaban J connectivity index is 0.00000264. The van der Waals surface area contributed by atoms with E-state index < -0.39 is 22.1 Å². The van der Waals surface area contributed by atoms with Crippen molar-refractivity contribution in [3.63, 3.8) is 0 Å². The van der Waals surface area contributed by atoms with Gasteiger partial charge in [-0.25, -0.2) is 8.42 Å². The highest BCUT2D eigenvalue weighted by Crippen LogP contribution is 2.27. The average Bonchev–Trinajstić information content (AvgIpc) is 2.46. The highest BCUT2D eigenvalue weighted by molar-refractivity contribution is 7.89. The van der Waals surface area contributed by atoms with Crippen LogP contribution in [-0.2, 0) is 10.0 Å². The molecule has 1 heterocycles. The molecule has 2 rings (SSSR count). The van der Waals surface area contributed by atoms with E-state index in [0.29, 0.717) is 25.9 Å². The molecular formula is C13H18ClF3N2O3S. The third-order valence-electron chi connectivity index (χ3n) is 3.54. The van der Waals surface area contributed by atoms with Crippen LogP contribution in [0, 0.1) is 0 Å². The van der Waals surface area contributed by atoms with E-state index >= 15 is 0 Å². The lowest BCUT2D eigenvalue weighted by atomic mass is 10.1. The molecule has 1 aliphatic heterocycles. The molecule has 5 nitrogen and oxygen atoms in total. The van der Waals surface area contributed by atoms with Gasteiger partial charge in [0.1, 0.15) is 5.75 Å². The summed E-state index contributed by atoms with van der Waals surface area (Å²) < 4.78 is 66.6. The molecule has 23 heavy (non-hydrogen) atoms. The maximum atomic E-state index is 12.5. The van der Waals surface area contributed by atoms with E-state index in [1.165, 1.54) is 16.4 Å². The molecule has 1 fully saturated rings. The van der Waals surface area contributed by atoms with E-state index in [9.17, 15) is 21.6 Å². The second-order valence-electron chi connectivity index (χ2n) is 4.99. The topological polar surface area (TPSA) is 58.6 Å². The first kappa shape index (κ1) is 20.0. The number of nitrogens with one attached hydrogen (secondary N) is 1. The Kier molecular flexibility index (Phi) is 6.70. The second-order valence-corrected chi connectivity index (χ2v) is 6.93. The van der Waals surface area contributed by atoms with Gasteiger partial charge in [0.15, 0.2) is 0 Å². The van der Waals surface area contributed by atoms with Crippen LogP contribution in [0.5, 0.6) is 5.75 Å². The predicted octanol–water partition coefficient (Wildman–Crippen LogP) is 2.38. The van der Waals surface area contributed by atoms with Crippen LogP contribution in [0.3, 0.4) is 0 Å². The van der Waals surface area contributed by atoms with Crippen LogP contribution in [-0.4, -0.2) is 45.3 Å². The number of hydrogen-bond acceptors (Lipinski definition) is 4. The van der Waals surface area contributed by atoms with Crippen molar-refractivity contribution in [3.8, 4) is 5.75 Å². The first-order chi connectivity index (χ1) is 10.2. The van der Waals surface area contributed by atoms with Crippen molar-refractivity contribution in [3.05, 3.63) is 24.3 Å². The summed E-state index contributed by atoms with van der Waals surface area (Å²) in [5.41, 5.74) is 0. The lowest BCUT2D eigenvalue weighted by molar-refractivity contribution is -0.274. The minimum Gasteiger partial charge on any atom is -0.406 e. The van der Waals surface area contributed by atoms with E-state index in [2.05, 4.69) is 10.1 Å². The Hall–Kier alpha value is -1.03. The third-order valence-corrected chi connectivity index (χ3v) is 5.43. The van der Waals surface area contributed by atoms with Crippen LogP contribution in [0.1, 0.15) is 12.8 Å². The lowest BCUT2D eigenvalue weighted by Gasteiger charge is -2.31. The maximum Gasteiger partial charge on any atom is 0.573 e. The smallest absolute Gasteiger partial charge is 0.406 e. The summed E-state index contributed by atoms with van der Waals surface area (Å²) in [4.78, 5) is -0.197. The summed E-state index contributed by atoms with van der Waals surface area (Å²) in [6, 6.07) is 4.72. The second kappa shape index (κ2) is 7.69. The molecule has 1 saturated heterocycles. The molecule has 0 unspecified atom stereocenters. The molecule has 10 heteroatoms. The monoisotopic (exact) mass is 374 g/mol. The molecule has 0 amide bonds. The number of piperidine rings is 1. The van der Waals surface area contributed by atoms with Crippen molar-refractivity contribution in [1.29, 1.82) is 0 Å². The van der Waals surface area contributed by atoms with Gasteiger partial charge in [-0.1, -0.05) is 6.07 Å². The minimum absolute atomic E-state index is 0. The molecule has 0 aliphatic carbocycles. The average molecular weight is 375 g/mol. The highest BCUT2D eigenvalue weighted by atomic mass is 35.5. The largest absolute Gasteiger partial charge is 0.573 e. The quantitative estimate of drug-likeness (QED) is 0.879. The van der Waals surface area contributed by atoms with Gasteiger partial charge in [-0.3, -0.25) is 0 Å². The van der Waals surface area contributed by atoms with Crippen LogP contribution in [0.2, 0.25) is 0 Å². The Morgan fingerprint density at radius 1 is 1.26 bits per heavy atom. The number of sulfonamides is 1. The van der Waals surface area contributed by atoms with Crippen LogP contribution < -0.4 is 10.1 Å². The molecule has 132 valence electrons. The molecule has 0 saturated carbocycles. The van der Waals surface area contributed by atoms with E-state index in [0.717, 1.165) is 12.1 Å². The van der Waals surface area contributed by atoms with Crippen molar-refractivity contribution in [2.75, 3.05) is 20.1 Å². The summed E-state index contributed by atoms with van der Waals surface area (Å²) in [7, 11) is -2.00. The summed E-state index contributed by atoms with van der Waals surface area (Å²) in [6.07, 6.45) is -3.53. The van der Waals surface area contributed by atoms with Crippen LogP contribution >= 0.6 is 12.4 Å². The van der Waals surface area contributed by atoms with Gasteiger partial charge in [-0.15, -0.1) is 25.6 Å². The number of ether oxygens (including phenoxy) is 1. The fourth-order valence-electron chi connectivity index (χ4n) is 2.37. The van der Waals surface area contributed by atoms with Crippen molar-refractivity contribution in [2.45, 2.75) is 30.1 Å². The molecule has 0 aromatic heterocycles. The van der Waals surface area contributed by atoms with Crippen molar-refractivity contribution < 1.29 is 26.3 Å². The van der Waals surface area contributed by atoms with Crippen molar-refractivity contribution >= 4 is 22.4 Å². The molecule has 0 atom stereocenters. The van der Waals surface area contributed by atoms with Crippen LogP contribution in [0.15, 0.2) is 29.2 Å². The molecule has 0 bridgehead atoms. The zero-order valence-electron chi connectivity index (χ0n) is 12.3. The zero-order valence-corrected chi connectivity index (χ0v) is 14.0. The Morgan fingerprint density at radius 2 is 1.87 bits per heavy atom. The Bertz CT molecular complexity index is 617. The molecule has 1 aromatic rings. The molecule has 1 aromatic carbocycles. The van der Waals surface area contributed by atoms with Gasteiger partial charge in [-0.05, 0) is 32.0 Å². The Labute approximate surface area is 139 Å². The third kappa shape index (κ3) is 5.23. The molecule has 1 aliphatic rings. The summed E-state index contributed by atoms with van der Waals surface area (Å²) in [6.45, 7) is 0.663. The molecule has 0 radical (unpaired) electrons. The first-order valence-electron chi connectivity index (χ1n) is 6.75. The highest BCUT2D eigenvalue weighted by Gasteiger charge is 2.33. The van der Waals surface area contributed by atoms with E-state index in [1.807, 2.05) is 7.05 Å². The number of nitrogens with zero attached hydrogens (tertiary/aromatic N) is 1. The van der Waals surface area contributed by atoms with Gasteiger partial charge in [-0.2, -0.15) is 4.31 Å². The number of hydrogen-bond donors (Lipinski definition) is 1. The molecule has 0 spiro atoms. The van der Waals surface area contributed by atoms with Gasteiger partial charge >= 0.3 is 6.36 Å². The van der Waals surface area contributed by atoms with Crippen LogP contribution in [0.4, 0.5) is 13.2 Å². The number of halogens is 4. The Morgan fingerprint density at radius 3 is 2.39 bits per heavy atom. The van der Waals surface area contributed by atoms with Crippen LogP contribution in [0.25, 0.3) is 0 Å². The van der Waals surface area contributed by atoms with Gasteiger partial charge < -0.3 is 10.1 Å². The lowest BCUT2D eigenvalue weighted by Crippen LogP contribution is -2.43. The summed E-state index contributed by atoms with van der Waals surface area (Å²) in [5, 5.41) is 3.08. The fourth-order valence-corrected chi connectivity index (χ4v) is 3.87. The summed E-state index contributed by atoms with van der Waals surface area (Å²) in [5.74, 6) is -0.543. The zero-order chi connectivity index (χ0) is 16.4. The van der Waals surface area contributed by atoms with Crippen molar-refractivity contribution in [1.82, 2.24) is 9.62 Å². The van der Waals surface area contributed by atoms with Gasteiger partial charge in [0.05, 0.1) is 4.90 Å². The number of benzene rings is 1. The number of rotatable bonds is 4. The number of alkyl halides is 3. The van der Waals surface area contributed by atoms with Crippen molar-refractivity contribution in [2.24, 2.45) is 0 Å². The standard InChI is InChI=1S/C13H17F3N2O3S.ClH/c1-17-10-5-7-18(8-6-10)22(19,20)12-4-2-3-11(9-12)21-13(14,15)16;/h2-4,9-10,17H,5-8H2,1H3;1H. The fraction of sp³-hybridized carbons (Fsp3) is 0.538.